The molecule has 1 aliphatic carbocycles. The standard InChI is InChI=1S/C16H10N2O/c19-16-15(11-6-2-4-8-13(11)18-16)14-9-10-5-1-3-7-12(10)17-14/h1-7,9H,8H2. The van der Waals surface area contributed by atoms with Crippen LogP contribution in [0.2, 0.25) is 0 Å². The highest BCUT2D eigenvalue weighted by molar-refractivity contribution is 6.26. The summed E-state index contributed by atoms with van der Waals surface area (Å²) in [5.41, 5.74) is 3.15. The Morgan fingerprint density at radius 3 is 2.89 bits per heavy atom. The summed E-state index contributed by atoms with van der Waals surface area (Å²) in [4.78, 5) is 20.7. The molecule has 0 N–H and O–H groups in total. The molecule has 0 bridgehead atoms. The molecule has 0 radical (unpaired) electrons. The second-order valence-corrected chi connectivity index (χ2v) is 4.65. The van der Waals surface area contributed by atoms with Crippen LogP contribution in [0.5, 0.6) is 0 Å². The second kappa shape index (κ2) is 3.72. The lowest BCUT2D eigenvalue weighted by Gasteiger charge is -2.05. The molecule has 3 nitrogen and oxygen atoms in total. The third-order valence-electron chi connectivity index (χ3n) is 3.47. The fourth-order valence-corrected chi connectivity index (χ4v) is 2.57. The summed E-state index contributed by atoms with van der Waals surface area (Å²) in [5.74, 6) is -0.173. The Hall–Kier alpha value is -2.55. The second-order valence-electron chi connectivity index (χ2n) is 4.65. The number of fused-ring (bicyclic) bond motifs is 2. The van der Waals surface area contributed by atoms with Gasteiger partial charge in [-0.25, -0.2) is 9.98 Å². The van der Waals surface area contributed by atoms with Gasteiger partial charge in [-0.15, -0.1) is 0 Å². The van der Waals surface area contributed by atoms with Crippen molar-refractivity contribution in [3.05, 3.63) is 69.9 Å². The first-order valence-electron chi connectivity index (χ1n) is 6.22. The number of carbonyl (C=O) groups is 1. The summed E-state index contributed by atoms with van der Waals surface area (Å²) in [6.45, 7) is 0. The maximum atomic E-state index is 12.1. The van der Waals surface area contributed by atoms with Gasteiger partial charge in [0.2, 0.25) is 0 Å². The molecule has 90 valence electrons. The largest absolute Gasteiger partial charge is 0.280 e. The van der Waals surface area contributed by atoms with E-state index in [9.17, 15) is 4.79 Å². The minimum atomic E-state index is -0.173. The van der Waals surface area contributed by atoms with Crippen molar-refractivity contribution < 1.29 is 4.79 Å². The Morgan fingerprint density at radius 2 is 2.00 bits per heavy atom. The Morgan fingerprint density at radius 1 is 1.11 bits per heavy atom. The minimum absolute atomic E-state index is 0.173. The van der Waals surface area contributed by atoms with E-state index in [2.05, 4.69) is 9.98 Å². The van der Waals surface area contributed by atoms with Gasteiger partial charge in [0.15, 0.2) is 0 Å². The quantitative estimate of drug-likeness (QED) is 0.635. The highest BCUT2D eigenvalue weighted by Crippen LogP contribution is 2.29. The highest BCUT2D eigenvalue weighted by atomic mass is 16.1. The average molecular weight is 246 g/mol. The number of hydrogen-bond acceptors (Lipinski definition) is 2. The van der Waals surface area contributed by atoms with Gasteiger partial charge in [0.1, 0.15) is 0 Å². The number of rotatable bonds is 0. The molecule has 0 saturated heterocycles. The summed E-state index contributed by atoms with van der Waals surface area (Å²) in [6.07, 6.45) is 8.60. The maximum Gasteiger partial charge on any atom is 0.280 e. The minimum Gasteiger partial charge on any atom is -0.267 e. The monoisotopic (exact) mass is 246 g/mol. The molecule has 0 aromatic heterocycles. The molecule has 0 saturated carbocycles. The van der Waals surface area contributed by atoms with E-state index in [0.717, 1.165) is 34.0 Å². The van der Waals surface area contributed by atoms with Crippen molar-refractivity contribution in [2.75, 3.05) is 0 Å². The Kier molecular flexibility index (Phi) is 2.03. The zero-order chi connectivity index (χ0) is 12.8. The lowest BCUT2D eigenvalue weighted by Crippen LogP contribution is -2.19. The first-order valence-corrected chi connectivity index (χ1v) is 6.22. The molecule has 0 unspecified atom stereocenters. The molecule has 4 rings (SSSR count). The maximum absolute atomic E-state index is 12.1. The molecule has 2 heterocycles. The van der Waals surface area contributed by atoms with Crippen LogP contribution in [0, 0.1) is 0 Å². The first-order chi connectivity index (χ1) is 9.33. The van der Waals surface area contributed by atoms with Crippen LogP contribution < -0.4 is 10.6 Å². The SMILES string of the molecule is O=C1N=C2CC=CC=C2C1=C1C=c2ccccc2=N1. The lowest BCUT2D eigenvalue weighted by atomic mass is 9.96. The molecule has 3 aliphatic rings. The number of allylic oxidation sites excluding steroid dienone is 4. The predicted molar refractivity (Wildman–Crippen MR) is 73.0 cm³/mol. The van der Waals surface area contributed by atoms with Crippen molar-refractivity contribution in [1.82, 2.24) is 0 Å². The van der Waals surface area contributed by atoms with Gasteiger partial charge in [-0.2, -0.15) is 0 Å². The molecule has 3 heteroatoms. The van der Waals surface area contributed by atoms with Crippen LogP contribution in [-0.4, -0.2) is 11.6 Å². The Bertz CT molecular complexity index is 814. The molecule has 1 aromatic rings. The van der Waals surface area contributed by atoms with Crippen LogP contribution in [-0.2, 0) is 4.79 Å². The van der Waals surface area contributed by atoms with Gasteiger partial charge in [-0.3, -0.25) is 4.79 Å². The van der Waals surface area contributed by atoms with E-state index < -0.39 is 0 Å². The normalized spacial score (nSPS) is 23.3. The van der Waals surface area contributed by atoms with Crippen LogP contribution >= 0.6 is 0 Å². The fraction of sp³-hybridized carbons (Fsp3) is 0.0625. The van der Waals surface area contributed by atoms with Gasteiger partial charge < -0.3 is 0 Å². The number of benzene rings is 1. The van der Waals surface area contributed by atoms with E-state index in [0.29, 0.717) is 5.57 Å². The van der Waals surface area contributed by atoms with Crippen molar-refractivity contribution >= 4 is 17.7 Å². The van der Waals surface area contributed by atoms with E-state index in [-0.39, 0.29) is 5.91 Å². The highest BCUT2D eigenvalue weighted by Gasteiger charge is 2.29. The summed E-state index contributed by atoms with van der Waals surface area (Å²) in [6, 6.07) is 7.88. The van der Waals surface area contributed by atoms with Crippen LogP contribution in [0.1, 0.15) is 6.42 Å². The van der Waals surface area contributed by atoms with Crippen LogP contribution in [0.4, 0.5) is 0 Å². The van der Waals surface area contributed by atoms with Crippen molar-refractivity contribution in [2.45, 2.75) is 6.42 Å². The smallest absolute Gasteiger partial charge is 0.267 e. The van der Waals surface area contributed by atoms with E-state index in [1.54, 1.807) is 0 Å². The average Bonchev–Trinajstić information content (AvgIpc) is 2.97. The summed E-state index contributed by atoms with van der Waals surface area (Å²) >= 11 is 0. The number of nitrogens with zero attached hydrogens (tertiary/aromatic N) is 2. The molecule has 0 fully saturated rings. The number of carbonyl (C=O) groups excluding carboxylic acids is 1. The Labute approximate surface area is 109 Å². The number of aliphatic imine (C=N–C) groups is 1. The molecule has 0 spiro atoms. The molecule has 0 atom stereocenters. The molecule has 19 heavy (non-hydrogen) atoms. The number of para-hydroxylation sites is 1. The zero-order valence-electron chi connectivity index (χ0n) is 10.1. The van der Waals surface area contributed by atoms with Gasteiger partial charge >= 0.3 is 0 Å². The summed E-state index contributed by atoms with van der Waals surface area (Å²) in [5, 5.41) is 1.97. The van der Waals surface area contributed by atoms with Gasteiger partial charge in [0, 0.05) is 17.2 Å². The topological polar surface area (TPSA) is 41.8 Å². The molecular weight excluding hydrogens is 236 g/mol. The van der Waals surface area contributed by atoms with Gasteiger partial charge in [-0.1, -0.05) is 36.4 Å². The lowest BCUT2D eigenvalue weighted by molar-refractivity contribution is -0.113. The van der Waals surface area contributed by atoms with Crippen molar-refractivity contribution in [2.24, 2.45) is 9.98 Å². The fourth-order valence-electron chi connectivity index (χ4n) is 2.57. The van der Waals surface area contributed by atoms with E-state index in [1.807, 2.05) is 48.6 Å². The zero-order valence-corrected chi connectivity index (χ0v) is 10.1. The first kappa shape index (κ1) is 10.4. The number of amides is 1. The number of hydrogen-bond donors (Lipinski definition) is 0. The third kappa shape index (κ3) is 1.48. The molecular formula is C16H10N2O. The van der Waals surface area contributed by atoms with Crippen LogP contribution in [0.25, 0.3) is 6.08 Å². The molecule has 1 aromatic carbocycles. The van der Waals surface area contributed by atoms with E-state index in [1.165, 1.54) is 0 Å². The predicted octanol–water partition coefficient (Wildman–Crippen LogP) is 1.22. The molecule has 1 amide bonds. The summed E-state index contributed by atoms with van der Waals surface area (Å²) < 4.78 is 0. The van der Waals surface area contributed by atoms with Gasteiger partial charge in [-0.05, 0) is 12.1 Å². The van der Waals surface area contributed by atoms with E-state index in [4.69, 9.17) is 0 Å². The van der Waals surface area contributed by atoms with Gasteiger partial charge in [0.25, 0.3) is 5.91 Å². The summed E-state index contributed by atoms with van der Waals surface area (Å²) in [7, 11) is 0. The van der Waals surface area contributed by atoms with Crippen molar-refractivity contribution in [1.29, 1.82) is 0 Å². The van der Waals surface area contributed by atoms with Crippen molar-refractivity contribution in [3.8, 4) is 0 Å². The third-order valence-corrected chi connectivity index (χ3v) is 3.47. The van der Waals surface area contributed by atoms with Crippen LogP contribution in [0.15, 0.2) is 69.3 Å². The van der Waals surface area contributed by atoms with Crippen LogP contribution in [0.3, 0.4) is 0 Å². The molecule has 2 aliphatic heterocycles. The Balaban J connectivity index is 1.97. The van der Waals surface area contributed by atoms with E-state index >= 15 is 0 Å². The van der Waals surface area contributed by atoms with Gasteiger partial charge in [0.05, 0.1) is 22.3 Å². The van der Waals surface area contributed by atoms with Crippen molar-refractivity contribution in [3.63, 3.8) is 0 Å².